The molecule has 1 fully saturated rings. The van der Waals surface area contributed by atoms with Gasteiger partial charge in [0, 0.05) is 12.1 Å². The van der Waals surface area contributed by atoms with Gasteiger partial charge in [-0.15, -0.1) is 0 Å². The zero-order valence-corrected chi connectivity index (χ0v) is 14.2. The monoisotopic (exact) mass is 330 g/mol. The van der Waals surface area contributed by atoms with E-state index in [2.05, 4.69) is 4.98 Å². The van der Waals surface area contributed by atoms with Crippen LogP contribution in [0.4, 0.5) is 0 Å². The number of amides is 1. The number of rotatable bonds is 4. The van der Waals surface area contributed by atoms with Crippen LogP contribution >= 0.6 is 0 Å². The molecule has 0 spiro atoms. The maximum absolute atomic E-state index is 12.5. The van der Waals surface area contributed by atoms with Crippen LogP contribution in [0, 0.1) is 6.92 Å². The molecule has 0 N–H and O–H groups in total. The van der Waals surface area contributed by atoms with Crippen LogP contribution in [0.1, 0.15) is 18.4 Å². The standard InChI is InChI=1S/C18H22N2O4/c1-12-11-23-8-7-20(12)17(21)10-16-13(2)24-18(19-16)14-5-4-6-15(9-14)22-3/h4-6,9,12H,7-8,10-11H2,1-3H3. The van der Waals surface area contributed by atoms with Crippen LogP contribution in [-0.2, 0) is 16.0 Å². The number of aromatic nitrogens is 1. The first kappa shape index (κ1) is 16.5. The van der Waals surface area contributed by atoms with E-state index in [1.165, 1.54) is 0 Å². The average molecular weight is 330 g/mol. The van der Waals surface area contributed by atoms with Gasteiger partial charge < -0.3 is 18.8 Å². The molecule has 1 unspecified atom stereocenters. The van der Waals surface area contributed by atoms with Crippen molar-refractivity contribution >= 4 is 5.91 Å². The molecule has 0 saturated carbocycles. The van der Waals surface area contributed by atoms with Gasteiger partial charge in [-0.3, -0.25) is 4.79 Å². The van der Waals surface area contributed by atoms with Gasteiger partial charge in [0.05, 0.1) is 38.5 Å². The lowest BCUT2D eigenvalue weighted by molar-refractivity contribution is -0.138. The van der Waals surface area contributed by atoms with Gasteiger partial charge in [-0.25, -0.2) is 4.98 Å². The molecule has 2 aromatic rings. The summed E-state index contributed by atoms with van der Waals surface area (Å²) in [5, 5.41) is 0. The fraction of sp³-hybridized carbons (Fsp3) is 0.444. The van der Waals surface area contributed by atoms with Crippen LogP contribution in [0.25, 0.3) is 11.5 Å². The molecule has 24 heavy (non-hydrogen) atoms. The largest absolute Gasteiger partial charge is 0.497 e. The Labute approximate surface area is 141 Å². The zero-order valence-electron chi connectivity index (χ0n) is 14.2. The number of ether oxygens (including phenoxy) is 2. The third-order valence-corrected chi connectivity index (χ3v) is 4.22. The highest BCUT2D eigenvalue weighted by Gasteiger charge is 2.25. The van der Waals surface area contributed by atoms with E-state index >= 15 is 0 Å². The van der Waals surface area contributed by atoms with Crippen molar-refractivity contribution in [3.05, 3.63) is 35.7 Å². The minimum Gasteiger partial charge on any atom is -0.497 e. The lowest BCUT2D eigenvalue weighted by Gasteiger charge is -2.33. The molecule has 0 radical (unpaired) electrons. The van der Waals surface area contributed by atoms with Crippen molar-refractivity contribution in [1.82, 2.24) is 9.88 Å². The quantitative estimate of drug-likeness (QED) is 0.861. The molecule has 1 aromatic heterocycles. The SMILES string of the molecule is COc1cccc(-c2nc(CC(=O)N3CCOCC3C)c(C)o2)c1. The third kappa shape index (κ3) is 3.43. The zero-order chi connectivity index (χ0) is 17.1. The van der Waals surface area contributed by atoms with E-state index in [0.29, 0.717) is 37.1 Å². The molecule has 6 heteroatoms. The fourth-order valence-corrected chi connectivity index (χ4v) is 2.81. The molecular formula is C18H22N2O4. The first-order valence-electron chi connectivity index (χ1n) is 8.06. The van der Waals surface area contributed by atoms with Crippen molar-refractivity contribution < 1.29 is 18.7 Å². The van der Waals surface area contributed by atoms with Crippen molar-refractivity contribution in [2.24, 2.45) is 0 Å². The van der Waals surface area contributed by atoms with E-state index in [-0.39, 0.29) is 18.4 Å². The topological polar surface area (TPSA) is 64.8 Å². The predicted molar refractivity (Wildman–Crippen MR) is 88.9 cm³/mol. The minimum absolute atomic E-state index is 0.0550. The second kappa shape index (κ2) is 7.05. The van der Waals surface area contributed by atoms with Crippen molar-refractivity contribution in [3.8, 4) is 17.2 Å². The first-order chi connectivity index (χ1) is 11.6. The number of nitrogens with zero attached hydrogens (tertiary/aromatic N) is 2. The predicted octanol–water partition coefficient (Wildman–Crippen LogP) is 2.45. The first-order valence-corrected chi connectivity index (χ1v) is 8.06. The van der Waals surface area contributed by atoms with Crippen LogP contribution in [0.15, 0.2) is 28.7 Å². The van der Waals surface area contributed by atoms with Crippen molar-refractivity contribution in [2.45, 2.75) is 26.3 Å². The Morgan fingerprint density at radius 1 is 1.46 bits per heavy atom. The molecule has 128 valence electrons. The van der Waals surface area contributed by atoms with Crippen molar-refractivity contribution in [1.29, 1.82) is 0 Å². The van der Waals surface area contributed by atoms with E-state index in [4.69, 9.17) is 13.9 Å². The van der Waals surface area contributed by atoms with Crippen LogP contribution in [0.5, 0.6) is 5.75 Å². The molecule has 1 amide bonds. The number of aryl methyl sites for hydroxylation is 1. The fourth-order valence-electron chi connectivity index (χ4n) is 2.81. The van der Waals surface area contributed by atoms with E-state index in [1.807, 2.05) is 43.0 Å². The smallest absolute Gasteiger partial charge is 0.229 e. The molecule has 1 aromatic carbocycles. The summed E-state index contributed by atoms with van der Waals surface area (Å²) in [7, 11) is 1.62. The average Bonchev–Trinajstić information content (AvgIpc) is 2.96. The Morgan fingerprint density at radius 3 is 3.04 bits per heavy atom. The van der Waals surface area contributed by atoms with Crippen LogP contribution in [0.3, 0.4) is 0 Å². The number of methoxy groups -OCH3 is 1. The summed E-state index contributed by atoms with van der Waals surface area (Å²) in [4.78, 5) is 18.9. The van der Waals surface area contributed by atoms with E-state index in [1.54, 1.807) is 7.11 Å². The summed E-state index contributed by atoms with van der Waals surface area (Å²) in [6.07, 6.45) is 0.240. The van der Waals surface area contributed by atoms with Gasteiger partial charge in [0.2, 0.25) is 11.8 Å². The van der Waals surface area contributed by atoms with Gasteiger partial charge in [-0.05, 0) is 32.0 Å². The number of hydrogen-bond donors (Lipinski definition) is 0. The number of carbonyl (C=O) groups excluding carboxylic acids is 1. The number of hydrogen-bond acceptors (Lipinski definition) is 5. The van der Waals surface area contributed by atoms with Gasteiger partial charge in [0.15, 0.2) is 0 Å². The molecule has 1 aliphatic rings. The molecule has 2 heterocycles. The molecular weight excluding hydrogens is 308 g/mol. The molecule has 6 nitrogen and oxygen atoms in total. The summed E-state index contributed by atoms with van der Waals surface area (Å²) in [6, 6.07) is 7.61. The Balaban J connectivity index is 1.77. The Hall–Kier alpha value is -2.34. The number of carbonyl (C=O) groups is 1. The summed E-state index contributed by atoms with van der Waals surface area (Å²) in [6.45, 7) is 5.62. The molecule has 0 aliphatic carbocycles. The number of morpholine rings is 1. The normalized spacial score (nSPS) is 17.8. The van der Waals surface area contributed by atoms with Crippen molar-refractivity contribution in [2.75, 3.05) is 26.9 Å². The Morgan fingerprint density at radius 2 is 2.29 bits per heavy atom. The number of benzene rings is 1. The summed E-state index contributed by atoms with van der Waals surface area (Å²) >= 11 is 0. The van der Waals surface area contributed by atoms with Crippen LogP contribution in [0.2, 0.25) is 0 Å². The number of oxazole rings is 1. The van der Waals surface area contributed by atoms with Crippen LogP contribution in [-0.4, -0.2) is 48.7 Å². The maximum atomic E-state index is 12.5. The highest BCUT2D eigenvalue weighted by molar-refractivity contribution is 5.79. The van der Waals surface area contributed by atoms with Gasteiger partial charge in [0.1, 0.15) is 11.5 Å². The van der Waals surface area contributed by atoms with Gasteiger partial charge in [-0.1, -0.05) is 6.07 Å². The molecule has 1 aliphatic heterocycles. The van der Waals surface area contributed by atoms with Gasteiger partial charge in [-0.2, -0.15) is 0 Å². The van der Waals surface area contributed by atoms with E-state index < -0.39 is 0 Å². The highest BCUT2D eigenvalue weighted by atomic mass is 16.5. The molecule has 1 atom stereocenters. The highest BCUT2D eigenvalue weighted by Crippen LogP contribution is 2.25. The maximum Gasteiger partial charge on any atom is 0.229 e. The van der Waals surface area contributed by atoms with Crippen molar-refractivity contribution in [3.63, 3.8) is 0 Å². The Bertz CT molecular complexity index is 726. The second-order valence-electron chi connectivity index (χ2n) is 5.94. The second-order valence-corrected chi connectivity index (χ2v) is 5.94. The molecule has 3 rings (SSSR count). The minimum atomic E-state index is 0.0550. The lowest BCUT2D eigenvalue weighted by Crippen LogP contribution is -2.47. The van der Waals surface area contributed by atoms with E-state index in [0.717, 1.165) is 11.3 Å². The lowest BCUT2D eigenvalue weighted by atomic mass is 10.2. The van der Waals surface area contributed by atoms with E-state index in [9.17, 15) is 4.79 Å². The van der Waals surface area contributed by atoms with Gasteiger partial charge >= 0.3 is 0 Å². The third-order valence-electron chi connectivity index (χ3n) is 4.22. The molecule has 0 bridgehead atoms. The summed E-state index contributed by atoms with van der Waals surface area (Å²) in [5.41, 5.74) is 1.51. The molecule has 1 saturated heterocycles. The Kier molecular flexibility index (Phi) is 4.85. The summed E-state index contributed by atoms with van der Waals surface area (Å²) in [5.74, 6) is 1.97. The summed E-state index contributed by atoms with van der Waals surface area (Å²) < 4.78 is 16.4. The van der Waals surface area contributed by atoms with Crippen LogP contribution < -0.4 is 4.74 Å². The van der Waals surface area contributed by atoms with Gasteiger partial charge in [0.25, 0.3) is 0 Å².